The SMILES string of the molecule is O=C(C1COc2ccc(O)cc2O1)N1CCn2c(Cc3ccccc3)nnc2C1. The van der Waals surface area contributed by atoms with Crippen molar-refractivity contribution in [2.75, 3.05) is 13.2 Å². The summed E-state index contributed by atoms with van der Waals surface area (Å²) in [5.74, 6) is 2.48. The van der Waals surface area contributed by atoms with Gasteiger partial charge in [0.15, 0.2) is 17.3 Å². The van der Waals surface area contributed by atoms with Gasteiger partial charge in [0.25, 0.3) is 5.91 Å². The summed E-state index contributed by atoms with van der Waals surface area (Å²) < 4.78 is 13.5. The molecule has 1 amide bonds. The lowest BCUT2D eigenvalue weighted by Crippen LogP contribution is -2.49. The lowest BCUT2D eigenvalue weighted by Gasteiger charge is -2.33. The Morgan fingerprint density at radius 3 is 2.83 bits per heavy atom. The molecule has 1 atom stereocenters. The Morgan fingerprint density at radius 1 is 1.10 bits per heavy atom. The molecule has 3 heterocycles. The second-order valence-corrected chi connectivity index (χ2v) is 7.15. The van der Waals surface area contributed by atoms with Gasteiger partial charge < -0.3 is 24.0 Å². The van der Waals surface area contributed by atoms with Crippen LogP contribution in [-0.4, -0.2) is 49.9 Å². The number of benzene rings is 2. The molecule has 1 N–H and O–H groups in total. The van der Waals surface area contributed by atoms with E-state index in [1.807, 2.05) is 18.2 Å². The number of carbonyl (C=O) groups excluding carboxylic acids is 1. The minimum atomic E-state index is -0.748. The Kier molecular flexibility index (Phi) is 4.31. The molecular formula is C21H20N4O4. The third-order valence-corrected chi connectivity index (χ3v) is 5.21. The predicted molar refractivity (Wildman–Crippen MR) is 103 cm³/mol. The summed E-state index contributed by atoms with van der Waals surface area (Å²) in [7, 11) is 0. The number of hydrogen-bond donors (Lipinski definition) is 1. The Hall–Kier alpha value is -3.55. The average molecular weight is 392 g/mol. The van der Waals surface area contributed by atoms with Crippen LogP contribution >= 0.6 is 0 Å². The molecule has 2 aliphatic rings. The van der Waals surface area contributed by atoms with Gasteiger partial charge in [-0.15, -0.1) is 10.2 Å². The summed E-state index contributed by atoms with van der Waals surface area (Å²) in [5, 5.41) is 18.3. The van der Waals surface area contributed by atoms with Crippen LogP contribution < -0.4 is 9.47 Å². The summed E-state index contributed by atoms with van der Waals surface area (Å²) in [6.45, 7) is 1.71. The molecule has 0 fully saturated rings. The molecule has 1 unspecified atom stereocenters. The fourth-order valence-electron chi connectivity index (χ4n) is 3.70. The molecule has 8 heteroatoms. The zero-order valence-electron chi connectivity index (χ0n) is 15.7. The van der Waals surface area contributed by atoms with Gasteiger partial charge in [-0.2, -0.15) is 0 Å². The Bertz CT molecular complexity index is 1050. The number of ether oxygens (including phenoxy) is 2. The fourth-order valence-corrected chi connectivity index (χ4v) is 3.70. The maximum absolute atomic E-state index is 13.0. The Morgan fingerprint density at radius 2 is 1.97 bits per heavy atom. The van der Waals surface area contributed by atoms with Crippen LogP contribution in [0.3, 0.4) is 0 Å². The Labute approximate surface area is 167 Å². The molecule has 0 spiro atoms. The average Bonchev–Trinajstić information content (AvgIpc) is 3.15. The van der Waals surface area contributed by atoms with E-state index in [0.717, 1.165) is 11.6 Å². The van der Waals surface area contributed by atoms with Gasteiger partial charge in [-0.3, -0.25) is 4.79 Å². The number of fused-ring (bicyclic) bond motifs is 2. The van der Waals surface area contributed by atoms with E-state index < -0.39 is 6.10 Å². The molecule has 0 saturated heterocycles. The van der Waals surface area contributed by atoms with E-state index >= 15 is 0 Å². The van der Waals surface area contributed by atoms with E-state index in [0.29, 0.717) is 37.6 Å². The van der Waals surface area contributed by atoms with Crippen LogP contribution in [0.15, 0.2) is 48.5 Å². The number of carbonyl (C=O) groups is 1. The number of phenolic OH excluding ortho intramolecular Hbond substituents is 1. The van der Waals surface area contributed by atoms with Gasteiger partial charge in [0.2, 0.25) is 6.10 Å². The molecule has 3 aromatic rings. The van der Waals surface area contributed by atoms with Crippen molar-refractivity contribution >= 4 is 5.91 Å². The van der Waals surface area contributed by atoms with Crippen molar-refractivity contribution in [3.05, 3.63) is 65.7 Å². The highest BCUT2D eigenvalue weighted by Gasteiger charge is 2.34. The molecule has 0 aliphatic carbocycles. The van der Waals surface area contributed by atoms with Crippen molar-refractivity contribution in [3.63, 3.8) is 0 Å². The van der Waals surface area contributed by atoms with E-state index in [2.05, 4.69) is 26.9 Å². The van der Waals surface area contributed by atoms with Crippen molar-refractivity contribution < 1.29 is 19.4 Å². The van der Waals surface area contributed by atoms with Crippen molar-refractivity contribution in [1.29, 1.82) is 0 Å². The molecule has 2 aromatic carbocycles. The summed E-state index contributed by atoms with van der Waals surface area (Å²) in [6.07, 6.45) is -0.0377. The number of aromatic hydroxyl groups is 1. The number of phenols is 1. The number of rotatable bonds is 3. The molecule has 1 aromatic heterocycles. The van der Waals surface area contributed by atoms with Crippen LogP contribution in [0.4, 0.5) is 0 Å². The summed E-state index contributed by atoms with van der Waals surface area (Å²) in [6, 6.07) is 14.7. The highest BCUT2D eigenvalue weighted by molar-refractivity contribution is 5.82. The first kappa shape index (κ1) is 17.5. The van der Waals surface area contributed by atoms with E-state index in [1.54, 1.807) is 11.0 Å². The first-order valence-electron chi connectivity index (χ1n) is 9.53. The molecule has 0 radical (unpaired) electrons. The smallest absolute Gasteiger partial charge is 0.267 e. The van der Waals surface area contributed by atoms with Gasteiger partial charge >= 0.3 is 0 Å². The number of aromatic nitrogens is 3. The number of hydrogen-bond acceptors (Lipinski definition) is 6. The third kappa shape index (κ3) is 3.37. The van der Waals surface area contributed by atoms with Crippen LogP contribution in [0.5, 0.6) is 17.2 Å². The summed E-state index contributed by atoms with van der Waals surface area (Å²) in [4.78, 5) is 14.7. The van der Waals surface area contributed by atoms with E-state index in [1.165, 1.54) is 17.7 Å². The van der Waals surface area contributed by atoms with Gasteiger partial charge in [0.1, 0.15) is 18.2 Å². The van der Waals surface area contributed by atoms with Crippen molar-refractivity contribution in [1.82, 2.24) is 19.7 Å². The minimum Gasteiger partial charge on any atom is -0.508 e. The van der Waals surface area contributed by atoms with E-state index in [4.69, 9.17) is 9.47 Å². The predicted octanol–water partition coefficient (Wildman–Crippen LogP) is 1.76. The van der Waals surface area contributed by atoms with Gasteiger partial charge in [0, 0.05) is 25.6 Å². The largest absolute Gasteiger partial charge is 0.508 e. The van der Waals surface area contributed by atoms with Crippen LogP contribution in [0.25, 0.3) is 0 Å². The van der Waals surface area contributed by atoms with Gasteiger partial charge in [-0.05, 0) is 17.7 Å². The first-order chi connectivity index (χ1) is 14.2. The quantitative estimate of drug-likeness (QED) is 0.731. The molecule has 8 nitrogen and oxygen atoms in total. The molecule has 0 saturated carbocycles. The summed E-state index contributed by atoms with van der Waals surface area (Å²) in [5.41, 5.74) is 1.18. The highest BCUT2D eigenvalue weighted by Crippen LogP contribution is 2.35. The van der Waals surface area contributed by atoms with E-state index in [-0.39, 0.29) is 18.3 Å². The standard InChI is InChI=1S/C21H20N4O4/c26-15-6-7-16-17(11-15)29-18(13-28-16)21(27)24-8-9-25-19(22-23-20(25)12-24)10-14-4-2-1-3-5-14/h1-7,11,18,26H,8-10,12-13H2. The monoisotopic (exact) mass is 392 g/mol. The van der Waals surface area contributed by atoms with Crippen molar-refractivity contribution in [2.24, 2.45) is 0 Å². The molecule has 29 heavy (non-hydrogen) atoms. The summed E-state index contributed by atoms with van der Waals surface area (Å²) >= 11 is 0. The molecule has 5 rings (SSSR count). The number of nitrogens with zero attached hydrogens (tertiary/aromatic N) is 4. The van der Waals surface area contributed by atoms with E-state index in [9.17, 15) is 9.90 Å². The van der Waals surface area contributed by atoms with Crippen molar-refractivity contribution in [3.8, 4) is 17.2 Å². The normalized spacial score (nSPS) is 17.7. The topological polar surface area (TPSA) is 89.7 Å². The van der Waals surface area contributed by atoms with Crippen LogP contribution in [0.2, 0.25) is 0 Å². The lowest BCUT2D eigenvalue weighted by atomic mass is 10.1. The minimum absolute atomic E-state index is 0.0671. The van der Waals surface area contributed by atoms with Crippen molar-refractivity contribution in [2.45, 2.75) is 25.6 Å². The van der Waals surface area contributed by atoms with Crippen LogP contribution in [-0.2, 0) is 24.3 Å². The first-order valence-corrected chi connectivity index (χ1v) is 9.53. The zero-order valence-corrected chi connectivity index (χ0v) is 15.7. The second kappa shape index (κ2) is 7.12. The van der Waals surface area contributed by atoms with Gasteiger partial charge in [-0.25, -0.2) is 0 Å². The lowest BCUT2D eigenvalue weighted by molar-refractivity contribution is -0.142. The number of amides is 1. The second-order valence-electron chi connectivity index (χ2n) is 7.15. The molecule has 148 valence electrons. The maximum Gasteiger partial charge on any atom is 0.267 e. The maximum atomic E-state index is 13.0. The zero-order chi connectivity index (χ0) is 19.8. The highest BCUT2D eigenvalue weighted by atomic mass is 16.6. The van der Waals surface area contributed by atoms with Crippen LogP contribution in [0, 0.1) is 0 Å². The molecular weight excluding hydrogens is 372 g/mol. The fraction of sp³-hybridized carbons (Fsp3) is 0.286. The third-order valence-electron chi connectivity index (χ3n) is 5.21. The Balaban J connectivity index is 1.28. The molecule has 2 aliphatic heterocycles. The van der Waals surface area contributed by atoms with Crippen LogP contribution in [0.1, 0.15) is 17.2 Å². The van der Waals surface area contributed by atoms with Gasteiger partial charge in [0.05, 0.1) is 6.54 Å². The van der Waals surface area contributed by atoms with Gasteiger partial charge in [-0.1, -0.05) is 30.3 Å². The molecule has 0 bridgehead atoms.